The zero-order valence-electron chi connectivity index (χ0n) is 14.3. The van der Waals surface area contributed by atoms with E-state index in [0.29, 0.717) is 0 Å². The summed E-state index contributed by atoms with van der Waals surface area (Å²) in [5, 5.41) is 3.56. The summed E-state index contributed by atoms with van der Waals surface area (Å²) in [5.41, 5.74) is 5.48. The smallest absolute Gasteiger partial charge is 0.00488 e. The molecule has 3 N–H and O–H groups in total. The molecule has 0 aliphatic carbocycles. The van der Waals surface area contributed by atoms with E-state index in [0.717, 1.165) is 12.5 Å². The van der Waals surface area contributed by atoms with Crippen LogP contribution in [-0.2, 0) is 0 Å². The van der Waals surface area contributed by atoms with Gasteiger partial charge in [-0.3, -0.25) is 0 Å². The normalized spacial score (nSPS) is 11.4. The predicted molar refractivity (Wildman–Crippen MR) is 92.2 cm³/mol. The first kappa shape index (κ1) is 19.9. The average Bonchev–Trinajstić information content (AvgIpc) is 2.43. The van der Waals surface area contributed by atoms with Crippen LogP contribution < -0.4 is 11.1 Å². The highest BCUT2D eigenvalue weighted by Gasteiger charge is 1.95. The van der Waals surface area contributed by atoms with Crippen molar-refractivity contribution < 1.29 is 0 Å². The minimum absolute atomic E-state index is 0.854. The maximum Gasteiger partial charge on any atom is -0.00488 e. The van der Waals surface area contributed by atoms with Gasteiger partial charge < -0.3 is 11.1 Å². The maximum atomic E-state index is 5.48. The highest BCUT2D eigenvalue weighted by atomic mass is 14.8. The molecule has 0 aromatic rings. The van der Waals surface area contributed by atoms with Gasteiger partial charge in [-0.1, -0.05) is 65.2 Å². The molecule has 2 nitrogen and oxygen atoms in total. The Morgan fingerprint density at radius 3 is 1.60 bits per heavy atom. The van der Waals surface area contributed by atoms with Crippen LogP contribution in [0.3, 0.4) is 0 Å². The number of rotatable bonds is 16. The highest BCUT2D eigenvalue weighted by molar-refractivity contribution is 4.53. The fourth-order valence-electron chi connectivity index (χ4n) is 2.57. The van der Waals surface area contributed by atoms with Gasteiger partial charge in [0, 0.05) is 0 Å². The first-order valence-electron chi connectivity index (χ1n) is 9.18. The summed E-state index contributed by atoms with van der Waals surface area (Å²) in [4.78, 5) is 0. The Morgan fingerprint density at radius 1 is 0.650 bits per heavy atom. The van der Waals surface area contributed by atoms with Gasteiger partial charge in [-0.25, -0.2) is 0 Å². The summed E-state index contributed by atoms with van der Waals surface area (Å²) in [5.74, 6) is 0.854. The van der Waals surface area contributed by atoms with Gasteiger partial charge in [0.2, 0.25) is 0 Å². The molecular formula is C18H40N2. The lowest BCUT2D eigenvalue weighted by Crippen LogP contribution is -2.17. The lowest BCUT2D eigenvalue weighted by molar-refractivity contribution is 0.511. The first-order chi connectivity index (χ1) is 9.77. The summed E-state index contributed by atoms with van der Waals surface area (Å²) < 4.78 is 0. The van der Waals surface area contributed by atoms with Crippen LogP contribution in [0.4, 0.5) is 0 Å². The molecule has 0 spiro atoms. The van der Waals surface area contributed by atoms with Crippen LogP contribution in [0.25, 0.3) is 0 Å². The number of nitrogens with one attached hydrogen (secondary N) is 1. The third kappa shape index (κ3) is 17.9. The van der Waals surface area contributed by atoms with E-state index in [1.54, 1.807) is 0 Å². The number of unbranched alkanes of at least 4 members (excludes halogenated alkanes) is 9. The van der Waals surface area contributed by atoms with Crippen molar-refractivity contribution in [3.63, 3.8) is 0 Å². The Kier molecular flexibility index (Phi) is 16.9. The molecule has 2 heteroatoms. The molecule has 122 valence electrons. The van der Waals surface area contributed by atoms with Crippen molar-refractivity contribution in [1.82, 2.24) is 5.32 Å². The maximum absolute atomic E-state index is 5.48. The summed E-state index contributed by atoms with van der Waals surface area (Å²) >= 11 is 0. The zero-order chi connectivity index (χ0) is 14.9. The van der Waals surface area contributed by atoms with Gasteiger partial charge >= 0.3 is 0 Å². The molecule has 0 radical (unpaired) electrons. The van der Waals surface area contributed by atoms with Crippen molar-refractivity contribution in [2.24, 2.45) is 11.7 Å². The standard InChI is InChI=1S/C18H40N2/c1-18(2)14-13-17-20-16-12-10-8-6-4-3-5-7-9-11-15-19/h18,20H,3-17,19H2,1-2H3. The molecule has 0 unspecified atom stereocenters. The molecule has 0 aliphatic rings. The van der Waals surface area contributed by atoms with Gasteiger partial charge in [-0.15, -0.1) is 0 Å². The van der Waals surface area contributed by atoms with Crippen molar-refractivity contribution >= 4 is 0 Å². The summed E-state index contributed by atoms with van der Waals surface area (Å²) in [6, 6.07) is 0. The van der Waals surface area contributed by atoms with Crippen molar-refractivity contribution in [1.29, 1.82) is 0 Å². The molecule has 0 saturated heterocycles. The average molecular weight is 285 g/mol. The minimum Gasteiger partial charge on any atom is -0.330 e. The predicted octanol–water partition coefficient (Wildman–Crippen LogP) is 4.87. The van der Waals surface area contributed by atoms with Gasteiger partial charge in [-0.05, 0) is 51.2 Å². The van der Waals surface area contributed by atoms with Crippen LogP contribution in [0.2, 0.25) is 0 Å². The monoisotopic (exact) mass is 284 g/mol. The van der Waals surface area contributed by atoms with Crippen molar-refractivity contribution in [3.8, 4) is 0 Å². The van der Waals surface area contributed by atoms with Crippen molar-refractivity contribution in [2.45, 2.75) is 90.9 Å². The fourth-order valence-corrected chi connectivity index (χ4v) is 2.57. The van der Waals surface area contributed by atoms with E-state index in [1.165, 1.54) is 90.1 Å². The SMILES string of the molecule is CC(C)CCCNCCCCCCCCCCCCN. The molecule has 0 bridgehead atoms. The molecule has 0 rings (SSSR count). The van der Waals surface area contributed by atoms with Crippen LogP contribution in [0, 0.1) is 5.92 Å². The molecule has 0 aromatic carbocycles. The van der Waals surface area contributed by atoms with E-state index >= 15 is 0 Å². The molecular weight excluding hydrogens is 244 g/mol. The van der Waals surface area contributed by atoms with E-state index in [4.69, 9.17) is 5.73 Å². The Bertz CT molecular complexity index is 169. The Balaban J connectivity index is 2.92. The van der Waals surface area contributed by atoms with E-state index in [9.17, 15) is 0 Å². The van der Waals surface area contributed by atoms with E-state index in [-0.39, 0.29) is 0 Å². The lowest BCUT2D eigenvalue weighted by atomic mass is 10.1. The highest BCUT2D eigenvalue weighted by Crippen LogP contribution is 2.10. The Hall–Kier alpha value is -0.0800. The van der Waals surface area contributed by atoms with Gasteiger partial charge in [-0.2, -0.15) is 0 Å². The third-order valence-corrected chi connectivity index (χ3v) is 3.94. The topological polar surface area (TPSA) is 38.0 Å². The van der Waals surface area contributed by atoms with Gasteiger partial charge in [0.15, 0.2) is 0 Å². The van der Waals surface area contributed by atoms with E-state index in [2.05, 4.69) is 19.2 Å². The quantitative estimate of drug-likeness (QED) is 0.397. The summed E-state index contributed by atoms with van der Waals surface area (Å²) in [6.07, 6.45) is 16.5. The van der Waals surface area contributed by atoms with Crippen LogP contribution in [0.1, 0.15) is 90.9 Å². The van der Waals surface area contributed by atoms with Crippen LogP contribution >= 0.6 is 0 Å². The number of nitrogens with two attached hydrogens (primary N) is 1. The minimum atomic E-state index is 0.854. The summed E-state index contributed by atoms with van der Waals surface area (Å²) in [7, 11) is 0. The molecule has 0 aromatic heterocycles. The van der Waals surface area contributed by atoms with Gasteiger partial charge in [0.25, 0.3) is 0 Å². The zero-order valence-corrected chi connectivity index (χ0v) is 14.3. The third-order valence-electron chi connectivity index (χ3n) is 3.94. The largest absolute Gasteiger partial charge is 0.330 e. The molecule has 0 aliphatic heterocycles. The van der Waals surface area contributed by atoms with Gasteiger partial charge in [0.05, 0.1) is 0 Å². The van der Waals surface area contributed by atoms with Crippen LogP contribution in [0.15, 0.2) is 0 Å². The molecule has 20 heavy (non-hydrogen) atoms. The van der Waals surface area contributed by atoms with Crippen molar-refractivity contribution in [3.05, 3.63) is 0 Å². The Labute approximate surface area is 128 Å². The molecule has 0 saturated carbocycles. The fraction of sp³-hybridized carbons (Fsp3) is 1.00. The summed E-state index contributed by atoms with van der Waals surface area (Å²) in [6.45, 7) is 7.90. The molecule has 0 heterocycles. The molecule has 0 atom stereocenters. The lowest BCUT2D eigenvalue weighted by Gasteiger charge is -2.06. The second-order valence-electron chi connectivity index (χ2n) is 6.61. The number of hydrogen-bond donors (Lipinski definition) is 2. The Morgan fingerprint density at radius 2 is 1.10 bits per heavy atom. The second-order valence-corrected chi connectivity index (χ2v) is 6.61. The molecule has 0 amide bonds. The van der Waals surface area contributed by atoms with E-state index < -0.39 is 0 Å². The van der Waals surface area contributed by atoms with Crippen LogP contribution in [0.5, 0.6) is 0 Å². The van der Waals surface area contributed by atoms with Crippen molar-refractivity contribution in [2.75, 3.05) is 19.6 Å². The second kappa shape index (κ2) is 17.0. The van der Waals surface area contributed by atoms with Gasteiger partial charge in [0.1, 0.15) is 0 Å². The van der Waals surface area contributed by atoms with Crippen LogP contribution in [-0.4, -0.2) is 19.6 Å². The van der Waals surface area contributed by atoms with E-state index in [1.807, 2.05) is 0 Å². The first-order valence-corrected chi connectivity index (χ1v) is 9.18. The number of hydrogen-bond acceptors (Lipinski definition) is 2. The molecule has 0 fully saturated rings.